The third-order valence-electron chi connectivity index (χ3n) is 3.89. The van der Waals surface area contributed by atoms with Gasteiger partial charge in [-0.2, -0.15) is 5.10 Å². The van der Waals surface area contributed by atoms with Gasteiger partial charge in [0, 0.05) is 4.88 Å². The molecule has 1 aromatic carbocycles. The van der Waals surface area contributed by atoms with Crippen LogP contribution in [0.5, 0.6) is 0 Å². The lowest BCUT2D eigenvalue weighted by molar-refractivity contribution is -0.126. The number of carbonyl (C=O) groups excluding carboxylic acids is 1. The Morgan fingerprint density at radius 2 is 2.04 bits per heavy atom. The van der Waals surface area contributed by atoms with E-state index in [0.29, 0.717) is 11.7 Å². The lowest BCUT2D eigenvalue weighted by atomic mass is 10.1. The number of rotatable bonds is 7. The predicted molar refractivity (Wildman–Crippen MR) is 107 cm³/mol. The van der Waals surface area contributed by atoms with Gasteiger partial charge in [-0.25, -0.2) is 0 Å². The summed E-state index contributed by atoms with van der Waals surface area (Å²) in [6.07, 6.45) is 4.77. The molecule has 0 spiro atoms. The lowest BCUT2D eigenvalue weighted by Gasteiger charge is -2.15. The summed E-state index contributed by atoms with van der Waals surface area (Å²) >= 11 is 3.15. The number of nitrogens with zero attached hydrogens (tertiary/aromatic N) is 3. The number of thioether (sulfide) groups is 1. The van der Waals surface area contributed by atoms with E-state index in [1.807, 2.05) is 47.8 Å². The summed E-state index contributed by atoms with van der Waals surface area (Å²) in [6.45, 7) is 2.69. The Labute approximate surface area is 156 Å². The van der Waals surface area contributed by atoms with Gasteiger partial charge in [0.25, 0.3) is 0 Å². The fourth-order valence-electron chi connectivity index (χ4n) is 2.57. The molecule has 2 aromatic rings. The normalized spacial score (nSPS) is 19.4. The molecule has 1 saturated heterocycles. The number of unbranched alkanes of at least 4 members (excludes halogenated alkanes) is 1. The van der Waals surface area contributed by atoms with Gasteiger partial charge in [-0.1, -0.05) is 67.9 Å². The first-order valence-corrected chi connectivity index (χ1v) is 10.2. The van der Waals surface area contributed by atoms with E-state index in [4.69, 9.17) is 0 Å². The number of amidine groups is 1. The highest BCUT2D eigenvalue weighted by molar-refractivity contribution is 8.15. The summed E-state index contributed by atoms with van der Waals surface area (Å²) in [5, 5.41) is 11.2. The van der Waals surface area contributed by atoms with Gasteiger partial charge in [0.1, 0.15) is 0 Å². The van der Waals surface area contributed by atoms with Crippen LogP contribution in [0.1, 0.15) is 36.6 Å². The standard InChI is InChI=1S/C19H21N3OS2/c1-2-3-11-17-18(23)22(14-15-8-5-4-6-9-15)19(25-17)21-20-13-16-10-7-12-24-16/h4-10,12-13,17H,2-3,11,14H2,1H3/b20-13+,21-19+. The van der Waals surface area contributed by atoms with E-state index < -0.39 is 0 Å². The minimum Gasteiger partial charge on any atom is -0.284 e. The van der Waals surface area contributed by atoms with Crippen LogP contribution in [0.2, 0.25) is 0 Å². The molecular formula is C19H21N3OS2. The molecule has 0 radical (unpaired) electrons. The first-order chi connectivity index (χ1) is 12.3. The number of benzene rings is 1. The molecule has 1 atom stereocenters. The summed E-state index contributed by atoms with van der Waals surface area (Å²) in [6, 6.07) is 14.0. The van der Waals surface area contributed by atoms with E-state index in [2.05, 4.69) is 17.1 Å². The summed E-state index contributed by atoms with van der Waals surface area (Å²) in [4.78, 5) is 15.6. The largest absolute Gasteiger partial charge is 0.284 e. The fourth-order valence-corrected chi connectivity index (χ4v) is 4.29. The first kappa shape index (κ1) is 17.9. The minimum absolute atomic E-state index is 0.0423. The van der Waals surface area contributed by atoms with Gasteiger partial charge in [0.2, 0.25) is 5.91 Å². The van der Waals surface area contributed by atoms with Crippen molar-refractivity contribution < 1.29 is 4.79 Å². The van der Waals surface area contributed by atoms with Crippen LogP contribution < -0.4 is 0 Å². The highest BCUT2D eigenvalue weighted by Gasteiger charge is 2.37. The van der Waals surface area contributed by atoms with Gasteiger partial charge in [-0.05, 0) is 23.4 Å². The van der Waals surface area contributed by atoms with Crippen molar-refractivity contribution in [3.05, 3.63) is 58.3 Å². The molecule has 1 fully saturated rings. The number of hydrogen-bond donors (Lipinski definition) is 0. The maximum absolute atomic E-state index is 12.8. The van der Waals surface area contributed by atoms with Crippen LogP contribution in [0.4, 0.5) is 0 Å². The minimum atomic E-state index is -0.0423. The third kappa shape index (κ3) is 4.80. The van der Waals surface area contributed by atoms with E-state index in [1.165, 1.54) is 11.8 Å². The Hall–Kier alpha value is -1.92. The van der Waals surface area contributed by atoms with Crippen LogP contribution in [-0.2, 0) is 11.3 Å². The van der Waals surface area contributed by atoms with Crippen LogP contribution in [0.15, 0.2) is 58.0 Å². The summed E-state index contributed by atoms with van der Waals surface area (Å²) in [7, 11) is 0. The molecule has 1 aliphatic rings. The van der Waals surface area contributed by atoms with E-state index in [0.717, 1.165) is 29.7 Å². The van der Waals surface area contributed by atoms with Gasteiger partial charge < -0.3 is 0 Å². The molecular weight excluding hydrogens is 350 g/mol. The molecule has 1 unspecified atom stereocenters. The zero-order valence-corrected chi connectivity index (χ0v) is 15.8. The zero-order valence-electron chi connectivity index (χ0n) is 14.2. The van der Waals surface area contributed by atoms with E-state index in [-0.39, 0.29) is 11.2 Å². The molecule has 6 heteroatoms. The van der Waals surface area contributed by atoms with Crippen molar-refractivity contribution in [2.24, 2.45) is 10.2 Å². The van der Waals surface area contributed by atoms with Gasteiger partial charge >= 0.3 is 0 Å². The molecule has 0 bridgehead atoms. The average molecular weight is 372 g/mol. The lowest BCUT2D eigenvalue weighted by Crippen LogP contribution is -2.31. The SMILES string of the molecule is CCCCC1S/C(=N/N=C/c2cccs2)N(Cc2ccccc2)C1=O. The average Bonchev–Trinajstić information content (AvgIpc) is 3.25. The molecule has 3 rings (SSSR count). The molecule has 25 heavy (non-hydrogen) atoms. The highest BCUT2D eigenvalue weighted by atomic mass is 32.2. The number of hydrogen-bond acceptors (Lipinski definition) is 5. The van der Waals surface area contributed by atoms with E-state index in [9.17, 15) is 4.79 Å². The maximum Gasteiger partial charge on any atom is 0.242 e. The molecule has 130 valence electrons. The molecule has 2 heterocycles. The smallest absolute Gasteiger partial charge is 0.242 e. The molecule has 1 aromatic heterocycles. The topological polar surface area (TPSA) is 45.0 Å². The van der Waals surface area contributed by atoms with Crippen LogP contribution >= 0.6 is 23.1 Å². The van der Waals surface area contributed by atoms with Crippen molar-refractivity contribution in [3.8, 4) is 0 Å². The second kappa shape index (κ2) is 8.97. The molecule has 1 amide bonds. The second-order valence-corrected chi connectivity index (χ2v) is 7.95. The van der Waals surface area contributed by atoms with Crippen molar-refractivity contribution in [3.63, 3.8) is 0 Å². The first-order valence-electron chi connectivity index (χ1n) is 8.44. The Morgan fingerprint density at radius 1 is 1.20 bits per heavy atom. The van der Waals surface area contributed by atoms with Gasteiger partial charge in [0.15, 0.2) is 5.17 Å². The molecule has 0 N–H and O–H groups in total. The van der Waals surface area contributed by atoms with Gasteiger partial charge in [-0.3, -0.25) is 9.69 Å². The molecule has 1 aliphatic heterocycles. The fraction of sp³-hybridized carbons (Fsp3) is 0.316. The van der Waals surface area contributed by atoms with E-state index >= 15 is 0 Å². The highest BCUT2D eigenvalue weighted by Crippen LogP contribution is 2.32. The Balaban J connectivity index is 1.77. The second-order valence-electron chi connectivity index (χ2n) is 5.80. The van der Waals surface area contributed by atoms with Gasteiger partial charge in [0.05, 0.1) is 18.0 Å². The molecule has 4 nitrogen and oxygen atoms in total. The maximum atomic E-state index is 12.8. The van der Waals surface area contributed by atoms with Crippen LogP contribution in [-0.4, -0.2) is 27.4 Å². The number of thiophene rings is 1. The van der Waals surface area contributed by atoms with Gasteiger partial charge in [-0.15, -0.1) is 16.4 Å². The van der Waals surface area contributed by atoms with Crippen molar-refractivity contribution in [1.29, 1.82) is 0 Å². The number of carbonyl (C=O) groups is 1. The van der Waals surface area contributed by atoms with Crippen molar-refractivity contribution in [2.45, 2.75) is 38.0 Å². The van der Waals surface area contributed by atoms with Crippen molar-refractivity contribution >= 4 is 40.4 Å². The Morgan fingerprint density at radius 3 is 2.76 bits per heavy atom. The van der Waals surface area contributed by atoms with Crippen molar-refractivity contribution in [1.82, 2.24) is 4.90 Å². The van der Waals surface area contributed by atoms with Crippen LogP contribution in [0.25, 0.3) is 0 Å². The van der Waals surface area contributed by atoms with Crippen molar-refractivity contribution in [2.75, 3.05) is 0 Å². The predicted octanol–water partition coefficient (Wildman–Crippen LogP) is 4.77. The molecule has 0 saturated carbocycles. The summed E-state index contributed by atoms with van der Waals surface area (Å²) < 4.78 is 0. The summed E-state index contributed by atoms with van der Waals surface area (Å²) in [5.41, 5.74) is 1.10. The Kier molecular flexibility index (Phi) is 6.42. The molecule has 0 aliphatic carbocycles. The Bertz CT molecular complexity index is 741. The quantitative estimate of drug-likeness (QED) is 0.520. The monoisotopic (exact) mass is 371 g/mol. The van der Waals surface area contributed by atoms with Crippen LogP contribution in [0, 0.1) is 0 Å². The summed E-state index contributed by atoms with van der Waals surface area (Å²) in [5.74, 6) is 0.146. The van der Waals surface area contributed by atoms with Crippen LogP contribution in [0.3, 0.4) is 0 Å². The van der Waals surface area contributed by atoms with E-state index in [1.54, 1.807) is 22.5 Å². The number of amides is 1. The zero-order chi connectivity index (χ0) is 17.5. The third-order valence-corrected chi connectivity index (χ3v) is 5.94.